The van der Waals surface area contributed by atoms with Gasteiger partial charge < -0.3 is 10.4 Å². The molecule has 0 aliphatic carbocycles. The second-order valence-electron chi connectivity index (χ2n) is 4.81. The van der Waals surface area contributed by atoms with Gasteiger partial charge in [-0.1, -0.05) is 30.7 Å². The van der Waals surface area contributed by atoms with E-state index in [1.165, 1.54) is 0 Å². The molecule has 0 aliphatic rings. The molecule has 0 bridgehead atoms. The third-order valence-corrected chi connectivity index (χ3v) is 3.51. The van der Waals surface area contributed by atoms with Crippen LogP contribution in [0.3, 0.4) is 0 Å². The number of benzene rings is 1. The minimum atomic E-state index is -0.223. The van der Waals surface area contributed by atoms with E-state index >= 15 is 0 Å². The topological polar surface area (TPSA) is 60.9 Å². The molecule has 5 heteroatoms. The molecule has 1 unspecified atom stereocenters. The molecule has 0 saturated heterocycles. The molecule has 0 spiro atoms. The van der Waals surface area contributed by atoms with Crippen LogP contribution in [0.1, 0.15) is 25.3 Å². The maximum Gasteiger partial charge on any atom is 0.0695 e. The molecule has 2 aromatic rings. The lowest BCUT2D eigenvalue weighted by Crippen LogP contribution is -2.19. The van der Waals surface area contributed by atoms with E-state index in [9.17, 15) is 5.11 Å². The third kappa shape index (κ3) is 4.07. The number of halogens is 1. The fourth-order valence-corrected chi connectivity index (χ4v) is 2.23. The smallest absolute Gasteiger partial charge is 0.0695 e. The van der Waals surface area contributed by atoms with E-state index in [0.717, 1.165) is 42.8 Å². The van der Waals surface area contributed by atoms with Crippen LogP contribution in [-0.4, -0.2) is 28.0 Å². The molecule has 108 valence electrons. The lowest BCUT2D eigenvalue weighted by molar-refractivity contribution is 0.159. The van der Waals surface area contributed by atoms with Crippen LogP contribution >= 0.6 is 11.6 Å². The highest BCUT2D eigenvalue weighted by atomic mass is 35.5. The highest BCUT2D eigenvalue weighted by molar-refractivity contribution is 6.30. The molecule has 1 atom stereocenters. The second-order valence-corrected chi connectivity index (χ2v) is 5.24. The fraction of sp³-hybridized carbons (Fsp3) is 0.400. The van der Waals surface area contributed by atoms with Crippen molar-refractivity contribution in [2.24, 2.45) is 0 Å². The minimum Gasteiger partial charge on any atom is -0.393 e. The number of nitrogens with zero attached hydrogens (tertiary/aromatic N) is 1. The van der Waals surface area contributed by atoms with E-state index in [1.807, 2.05) is 37.4 Å². The molecule has 0 saturated carbocycles. The number of nitrogens with one attached hydrogen (secondary N) is 2. The van der Waals surface area contributed by atoms with Crippen LogP contribution in [0.25, 0.3) is 11.3 Å². The van der Waals surface area contributed by atoms with Gasteiger partial charge in [-0.3, -0.25) is 5.10 Å². The number of rotatable bonds is 7. The molecule has 0 radical (unpaired) electrons. The molecule has 1 aromatic heterocycles. The van der Waals surface area contributed by atoms with E-state index in [4.69, 9.17) is 11.6 Å². The second kappa shape index (κ2) is 7.43. The summed E-state index contributed by atoms with van der Waals surface area (Å²) in [5.41, 5.74) is 3.11. The van der Waals surface area contributed by atoms with Gasteiger partial charge in [0.15, 0.2) is 0 Å². The first-order chi connectivity index (χ1) is 9.70. The Bertz CT molecular complexity index is 541. The van der Waals surface area contributed by atoms with Gasteiger partial charge in [0, 0.05) is 22.7 Å². The maximum atomic E-state index is 9.51. The van der Waals surface area contributed by atoms with Crippen LogP contribution in [0.4, 0.5) is 0 Å². The maximum absolute atomic E-state index is 9.51. The van der Waals surface area contributed by atoms with Crippen molar-refractivity contribution in [3.8, 4) is 11.3 Å². The van der Waals surface area contributed by atoms with Gasteiger partial charge in [-0.05, 0) is 31.5 Å². The molecular formula is C15H20ClN3O. The van der Waals surface area contributed by atoms with E-state index in [1.54, 1.807) is 0 Å². The molecule has 2 rings (SSSR count). The zero-order valence-corrected chi connectivity index (χ0v) is 12.3. The number of hydrogen-bond donors (Lipinski definition) is 3. The molecule has 3 N–H and O–H groups in total. The lowest BCUT2D eigenvalue weighted by Gasteiger charge is -2.09. The Morgan fingerprint density at radius 3 is 3.05 bits per heavy atom. The van der Waals surface area contributed by atoms with Crippen molar-refractivity contribution in [3.63, 3.8) is 0 Å². The quantitative estimate of drug-likeness (QED) is 0.688. The van der Waals surface area contributed by atoms with Gasteiger partial charge in [0.05, 0.1) is 18.0 Å². The summed E-state index contributed by atoms with van der Waals surface area (Å²) in [7, 11) is 0. The summed E-state index contributed by atoms with van der Waals surface area (Å²) in [6, 6.07) is 7.70. The SMILES string of the molecule is CCC(O)CCNCc1cn[nH]c1-c1cccc(Cl)c1. The normalized spacial score (nSPS) is 12.6. The lowest BCUT2D eigenvalue weighted by atomic mass is 10.1. The van der Waals surface area contributed by atoms with Gasteiger partial charge >= 0.3 is 0 Å². The number of aliphatic hydroxyl groups excluding tert-OH is 1. The summed E-state index contributed by atoms with van der Waals surface area (Å²) in [6.07, 6.45) is 3.15. The summed E-state index contributed by atoms with van der Waals surface area (Å²) in [6.45, 7) is 3.49. The van der Waals surface area contributed by atoms with Crippen molar-refractivity contribution in [3.05, 3.63) is 41.0 Å². The molecular weight excluding hydrogens is 274 g/mol. The van der Waals surface area contributed by atoms with Crippen LogP contribution in [0.2, 0.25) is 5.02 Å². The largest absolute Gasteiger partial charge is 0.393 e. The number of aromatic amines is 1. The number of H-pyrrole nitrogens is 1. The monoisotopic (exact) mass is 293 g/mol. The summed E-state index contributed by atoms with van der Waals surface area (Å²) in [4.78, 5) is 0. The first-order valence-corrected chi connectivity index (χ1v) is 7.25. The van der Waals surface area contributed by atoms with E-state index in [0.29, 0.717) is 5.02 Å². The number of aromatic nitrogens is 2. The predicted molar refractivity (Wildman–Crippen MR) is 81.7 cm³/mol. The highest BCUT2D eigenvalue weighted by Crippen LogP contribution is 2.23. The van der Waals surface area contributed by atoms with Crippen molar-refractivity contribution >= 4 is 11.6 Å². The Labute approximate surface area is 124 Å². The molecule has 0 aliphatic heterocycles. The Morgan fingerprint density at radius 1 is 1.45 bits per heavy atom. The third-order valence-electron chi connectivity index (χ3n) is 3.27. The van der Waals surface area contributed by atoms with Gasteiger partial charge in [0.25, 0.3) is 0 Å². The van der Waals surface area contributed by atoms with Crippen LogP contribution in [0.15, 0.2) is 30.5 Å². The van der Waals surface area contributed by atoms with Crippen LogP contribution in [0, 0.1) is 0 Å². The van der Waals surface area contributed by atoms with Gasteiger partial charge in [-0.25, -0.2) is 0 Å². The summed E-state index contributed by atoms with van der Waals surface area (Å²) >= 11 is 6.01. The average molecular weight is 294 g/mol. The fourth-order valence-electron chi connectivity index (χ4n) is 2.03. The van der Waals surface area contributed by atoms with Crippen LogP contribution in [-0.2, 0) is 6.54 Å². The zero-order valence-electron chi connectivity index (χ0n) is 11.6. The summed E-state index contributed by atoms with van der Waals surface area (Å²) in [5, 5.41) is 20.7. The molecule has 20 heavy (non-hydrogen) atoms. The van der Waals surface area contributed by atoms with Crippen molar-refractivity contribution in [2.45, 2.75) is 32.4 Å². The number of hydrogen-bond acceptors (Lipinski definition) is 3. The zero-order chi connectivity index (χ0) is 14.4. The van der Waals surface area contributed by atoms with Gasteiger partial charge in [-0.2, -0.15) is 5.10 Å². The van der Waals surface area contributed by atoms with Gasteiger partial charge in [0.1, 0.15) is 0 Å². The van der Waals surface area contributed by atoms with E-state index in [2.05, 4.69) is 15.5 Å². The van der Waals surface area contributed by atoms with Crippen molar-refractivity contribution in [1.82, 2.24) is 15.5 Å². The molecule has 0 fully saturated rings. The Morgan fingerprint density at radius 2 is 2.30 bits per heavy atom. The Hall–Kier alpha value is -1.36. The minimum absolute atomic E-state index is 0.223. The first kappa shape index (κ1) is 15.0. The molecule has 1 aromatic carbocycles. The average Bonchev–Trinajstić information content (AvgIpc) is 2.91. The Balaban J connectivity index is 1.95. The van der Waals surface area contributed by atoms with E-state index in [-0.39, 0.29) is 6.10 Å². The highest BCUT2D eigenvalue weighted by Gasteiger charge is 2.08. The van der Waals surface area contributed by atoms with E-state index < -0.39 is 0 Å². The van der Waals surface area contributed by atoms with Gasteiger partial charge in [-0.15, -0.1) is 0 Å². The first-order valence-electron chi connectivity index (χ1n) is 6.87. The van der Waals surface area contributed by atoms with Crippen LogP contribution in [0.5, 0.6) is 0 Å². The van der Waals surface area contributed by atoms with Crippen LogP contribution < -0.4 is 5.32 Å². The molecule has 4 nitrogen and oxygen atoms in total. The standard InChI is InChI=1S/C15H20ClN3O/c1-2-14(20)6-7-17-9-12-10-18-19-15(12)11-4-3-5-13(16)8-11/h3-5,8,10,14,17,20H,2,6-7,9H2,1H3,(H,18,19). The van der Waals surface area contributed by atoms with Crippen molar-refractivity contribution in [1.29, 1.82) is 0 Å². The Kier molecular flexibility index (Phi) is 5.59. The number of aliphatic hydroxyl groups is 1. The van der Waals surface area contributed by atoms with Gasteiger partial charge in [0.2, 0.25) is 0 Å². The molecule has 0 amide bonds. The summed E-state index contributed by atoms with van der Waals surface area (Å²) in [5.74, 6) is 0. The van der Waals surface area contributed by atoms with Crippen molar-refractivity contribution in [2.75, 3.05) is 6.54 Å². The summed E-state index contributed by atoms with van der Waals surface area (Å²) < 4.78 is 0. The predicted octanol–water partition coefficient (Wildman–Crippen LogP) is 2.98. The molecule has 1 heterocycles. The van der Waals surface area contributed by atoms with Crippen molar-refractivity contribution < 1.29 is 5.11 Å².